The van der Waals surface area contributed by atoms with Gasteiger partial charge < -0.3 is 4.52 Å². The maximum atomic E-state index is 11.0. The third-order valence-corrected chi connectivity index (χ3v) is 3.31. The number of hydrogen-bond donors (Lipinski definition) is 2. The Bertz CT molecular complexity index is 509. The minimum Gasteiger partial charge on any atom is -0.404 e. The van der Waals surface area contributed by atoms with Crippen molar-refractivity contribution in [2.24, 2.45) is 0 Å². The molecule has 0 saturated carbocycles. The fourth-order valence-corrected chi connectivity index (χ4v) is 2.21. The zero-order chi connectivity index (χ0) is 15.1. The van der Waals surface area contributed by atoms with Crippen molar-refractivity contribution < 1.29 is 18.9 Å². The molecule has 0 fully saturated rings. The van der Waals surface area contributed by atoms with Crippen LogP contribution in [-0.4, -0.2) is 27.1 Å². The first-order valence-electron chi connectivity index (χ1n) is 6.21. The molecule has 1 rings (SSSR count). The molecule has 4 nitrogen and oxygen atoms in total. The van der Waals surface area contributed by atoms with Crippen LogP contribution in [-0.2, 0) is 15.4 Å². The number of phosphoric ester groups is 1. The average molecular weight is 316 g/mol. The Morgan fingerprint density at radius 2 is 1.50 bits per heavy atom. The zero-order valence-corrected chi connectivity index (χ0v) is 13.3. The molecular weight excluding hydrogens is 290 g/mol. The third-order valence-electron chi connectivity index (χ3n) is 2.87. The molecule has 1 aromatic rings. The Morgan fingerprint density at radius 1 is 1.00 bits per heavy atom. The second-order valence-electron chi connectivity index (χ2n) is 6.79. The average Bonchev–Trinajstić information content (AvgIpc) is 2.11. The summed E-state index contributed by atoms with van der Waals surface area (Å²) in [7, 11) is -4.54. The molecule has 0 aromatic heterocycles. The second kappa shape index (κ2) is 6.22. The smallest absolute Gasteiger partial charge is 0.404 e. The summed E-state index contributed by atoms with van der Waals surface area (Å²) in [5.41, 5.74) is 1.62. The molecule has 0 amide bonds. The molecule has 1 aromatic carbocycles. The number of hydrogen-bond acceptors (Lipinski definition) is 2. The standard InChI is InChI=1S/C14H23O4P.Al.3H/c1-13(2,3)10-7-8-12(18-19(15,16)17)11(9-10)14(4,5)6;;;;/h7-9H,1-6H3,(H2,15,16,17);;;;. The van der Waals surface area contributed by atoms with Crippen LogP contribution >= 0.6 is 7.82 Å². The SMILES string of the molecule is CC(C)(C)c1ccc(OP(=O)(O)O)c(C(C)(C)C)c1.[AlH3]. The van der Waals surface area contributed by atoms with Crippen LogP contribution < -0.4 is 4.52 Å². The first-order chi connectivity index (χ1) is 8.31. The lowest BCUT2D eigenvalue weighted by Crippen LogP contribution is -2.17. The first-order valence-corrected chi connectivity index (χ1v) is 7.74. The van der Waals surface area contributed by atoms with Crippen molar-refractivity contribution in [3.05, 3.63) is 29.3 Å². The van der Waals surface area contributed by atoms with Gasteiger partial charge in [-0.1, -0.05) is 53.7 Å². The minimum absolute atomic E-state index is 0. The quantitative estimate of drug-likeness (QED) is 0.650. The molecule has 114 valence electrons. The van der Waals surface area contributed by atoms with Crippen LogP contribution in [0, 0.1) is 0 Å². The first kappa shape index (κ1) is 19.7. The zero-order valence-electron chi connectivity index (χ0n) is 12.4. The van der Waals surface area contributed by atoms with Gasteiger partial charge in [-0.05, 0) is 22.5 Å². The van der Waals surface area contributed by atoms with E-state index in [1.165, 1.54) is 0 Å². The van der Waals surface area contributed by atoms with E-state index < -0.39 is 7.82 Å². The molecule has 2 N–H and O–H groups in total. The molecule has 0 aliphatic rings. The fourth-order valence-electron chi connectivity index (χ4n) is 1.79. The molecule has 0 saturated heterocycles. The Hall–Kier alpha value is -0.298. The summed E-state index contributed by atoms with van der Waals surface area (Å²) in [6.07, 6.45) is 0. The molecule has 0 bridgehead atoms. The normalized spacial score (nSPS) is 12.8. The van der Waals surface area contributed by atoms with Crippen molar-refractivity contribution in [3.63, 3.8) is 0 Å². The summed E-state index contributed by atoms with van der Waals surface area (Å²) in [6, 6.07) is 5.45. The summed E-state index contributed by atoms with van der Waals surface area (Å²) in [5, 5.41) is 0. The summed E-state index contributed by atoms with van der Waals surface area (Å²) in [6.45, 7) is 12.2. The molecule has 0 unspecified atom stereocenters. The minimum atomic E-state index is -4.54. The van der Waals surface area contributed by atoms with Gasteiger partial charge in [0.25, 0.3) is 0 Å². The second-order valence-corrected chi connectivity index (χ2v) is 7.96. The van der Waals surface area contributed by atoms with Crippen LogP contribution in [0.25, 0.3) is 0 Å². The van der Waals surface area contributed by atoms with Crippen LogP contribution in [0.5, 0.6) is 5.75 Å². The van der Waals surface area contributed by atoms with Gasteiger partial charge in [-0.3, -0.25) is 9.79 Å². The van der Waals surface area contributed by atoms with Crippen molar-refractivity contribution >= 4 is 25.2 Å². The van der Waals surface area contributed by atoms with Gasteiger partial charge in [0.1, 0.15) is 5.75 Å². The van der Waals surface area contributed by atoms with Crippen molar-refractivity contribution in [2.45, 2.75) is 52.4 Å². The lowest BCUT2D eigenvalue weighted by atomic mass is 9.80. The van der Waals surface area contributed by atoms with Gasteiger partial charge in [0.15, 0.2) is 17.4 Å². The predicted molar refractivity (Wildman–Crippen MR) is 86.5 cm³/mol. The fraction of sp³-hybridized carbons (Fsp3) is 0.571. The number of rotatable bonds is 2. The highest BCUT2D eigenvalue weighted by Gasteiger charge is 2.26. The van der Waals surface area contributed by atoms with E-state index in [2.05, 4.69) is 20.8 Å². The van der Waals surface area contributed by atoms with Crippen molar-refractivity contribution in [2.75, 3.05) is 0 Å². The van der Waals surface area contributed by atoms with E-state index >= 15 is 0 Å². The molecule has 0 atom stereocenters. The lowest BCUT2D eigenvalue weighted by molar-refractivity contribution is 0.281. The van der Waals surface area contributed by atoms with Gasteiger partial charge in [-0.2, -0.15) is 0 Å². The molecule has 6 heteroatoms. The lowest BCUT2D eigenvalue weighted by Gasteiger charge is -2.27. The maximum absolute atomic E-state index is 11.0. The largest absolute Gasteiger partial charge is 0.524 e. The highest BCUT2D eigenvalue weighted by atomic mass is 31.2. The Labute approximate surface area is 131 Å². The van der Waals surface area contributed by atoms with Gasteiger partial charge in [-0.25, -0.2) is 4.57 Å². The highest BCUT2D eigenvalue weighted by molar-refractivity contribution is 7.46. The van der Waals surface area contributed by atoms with Gasteiger partial charge in [0.2, 0.25) is 0 Å². The predicted octanol–water partition coefficient (Wildman–Crippen LogP) is 2.57. The summed E-state index contributed by atoms with van der Waals surface area (Å²) < 4.78 is 15.8. The molecule has 0 heterocycles. The van der Waals surface area contributed by atoms with Crippen LogP contribution in [0.15, 0.2) is 18.2 Å². The topological polar surface area (TPSA) is 66.8 Å². The molecule has 0 aliphatic carbocycles. The molecule has 20 heavy (non-hydrogen) atoms. The summed E-state index contributed by atoms with van der Waals surface area (Å²) >= 11 is 0. The van der Waals surface area contributed by atoms with E-state index in [9.17, 15) is 4.57 Å². The van der Waals surface area contributed by atoms with E-state index in [0.29, 0.717) is 0 Å². The maximum Gasteiger partial charge on any atom is 0.524 e. The van der Waals surface area contributed by atoms with Crippen molar-refractivity contribution in [3.8, 4) is 5.75 Å². The number of benzene rings is 1. The Balaban J connectivity index is 0.00000361. The van der Waals surface area contributed by atoms with Gasteiger partial charge in [0, 0.05) is 5.56 Å². The number of phosphoric acid groups is 1. The monoisotopic (exact) mass is 316 g/mol. The van der Waals surface area contributed by atoms with Gasteiger partial charge in [-0.15, -0.1) is 0 Å². The van der Waals surface area contributed by atoms with E-state index in [1.54, 1.807) is 6.07 Å². The van der Waals surface area contributed by atoms with E-state index in [4.69, 9.17) is 14.3 Å². The summed E-state index contributed by atoms with van der Waals surface area (Å²) in [5.74, 6) is 0.244. The van der Waals surface area contributed by atoms with Gasteiger partial charge >= 0.3 is 7.82 Å². The van der Waals surface area contributed by atoms with Crippen LogP contribution in [0.1, 0.15) is 52.7 Å². The highest BCUT2D eigenvalue weighted by Crippen LogP contribution is 2.43. The van der Waals surface area contributed by atoms with Crippen LogP contribution in [0.2, 0.25) is 0 Å². The van der Waals surface area contributed by atoms with Crippen molar-refractivity contribution in [1.82, 2.24) is 0 Å². The third kappa shape index (κ3) is 5.60. The van der Waals surface area contributed by atoms with E-state index in [0.717, 1.165) is 11.1 Å². The van der Waals surface area contributed by atoms with E-state index in [-0.39, 0.29) is 33.9 Å². The molecule has 0 aliphatic heterocycles. The molecular formula is C14H26AlO4P. The Kier molecular flexibility index (Phi) is 6.13. The Morgan fingerprint density at radius 3 is 1.85 bits per heavy atom. The summed E-state index contributed by atoms with van der Waals surface area (Å²) in [4.78, 5) is 18.0. The van der Waals surface area contributed by atoms with Crippen LogP contribution in [0.4, 0.5) is 0 Å². The van der Waals surface area contributed by atoms with Crippen molar-refractivity contribution in [1.29, 1.82) is 0 Å². The molecule has 0 radical (unpaired) electrons. The van der Waals surface area contributed by atoms with Crippen LogP contribution in [0.3, 0.4) is 0 Å². The molecule has 0 spiro atoms. The van der Waals surface area contributed by atoms with E-state index in [1.807, 2.05) is 32.9 Å². The van der Waals surface area contributed by atoms with Gasteiger partial charge in [0.05, 0.1) is 0 Å².